The van der Waals surface area contributed by atoms with E-state index in [0.717, 1.165) is 6.08 Å². The number of carboxylic acids is 1. The molecule has 0 bridgehead atoms. The van der Waals surface area contributed by atoms with Crippen molar-refractivity contribution in [3.63, 3.8) is 0 Å². The number of hydrogen-bond donors (Lipinski definition) is 2. The number of rotatable bonds is 1. The average Bonchev–Trinajstić information content (AvgIpc) is 2.29. The summed E-state index contributed by atoms with van der Waals surface area (Å²) in [5, 5.41) is 8.42. The third kappa shape index (κ3) is 2.00. The normalized spacial score (nSPS) is 28.8. The van der Waals surface area contributed by atoms with Crippen molar-refractivity contribution in [3.05, 3.63) is 11.6 Å². The van der Waals surface area contributed by atoms with E-state index >= 15 is 0 Å². The number of aliphatic carboxylic acids is 1. The van der Waals surface area contributed by atoms with Crippen LogP contribution in [0.5, 0.6) is 0 Å². The largest absolute Gasteiger partial charge is 0.478 e. The van der Waals surface area contributed by atoms with E-state index in [-0.39, 0.29) is 5.57 Å². The van der Waals surface area contributed by atoms with Crippen molar-refractivity contribution in [2.45, 2.75) is 18.6 Å². The zero-order valence-electron chi connectivity index (χ0n) is 6.51. The lowest BCUT2D eigenvalue weighted by Gasteiger charge is -2.18. The number of nitrogens with two attached hydrogens (primary N) is 1. The summed E-state index contributed by atoms with van der Waals surface area (Å²) < 4.78 is 36.4. The fourth-order valence-corrected chi connectivity index (χ4v) is 1.28. The quantitative estimate of drug-likeness (QED) is 0.653. The topological polar surface area (TPSA) is 63.3 Å². The van der Waals surface area contributed by atoms with Gasteiger partial charge in [0.05, 0.1) is 5.92 Å². The van der Waals surface area contributed by atoms with Crippen molar-refractivity contribution in [2.24, 2.45) is 11.7 Å². The van der Waals surface area contributed by atoms with Crippen LogP contribution in [0.15, 0.2) is 11.6 Å². The lowest BCUT2D eigenvalue weighted by molar-refractivity contribution is -0.174. The smallest absolute Gasteiger partial charge is 0.393 e. The molecule has 1 aliphatic rings. The molecule has 3 N–H and O–H groups in total. The van der Waals surface area contributed by atoms with Crippen LogP contribution in [0.25, 0.3) is 0 Å². The molecular formula is C7H8F3NO2. The van der Waals surface area contributed by atoms with Crippen molar-refractivity contribution in [2.75, 3.05) is 0 Å². The monoisotopic (exact) mass is 195 g/mol. The Morgan fingerprint density at radius 1 is 1.62 bits per heavy atom. The molecule has 1 aliphatic carbocycles. The Balaban J connectivity index is 2.76. The van der Waals surface area contributed by atoms with Gasteiger partial charge < -0.3 is 10.8 Å². The van der Waals surface area contributed by atoms with Gasteiger partial charge in [-0.3, -0.25) is 0 Å². The van der Waals surface area contributed by atoms with Gasteiger partial charge in [-0.15, -0.1) is 0 Å². The number of hydrogen-bond acceptors (Lipinski definition) is 2. The molecule has 0 saturated carbocycles. The summed E-state index contributed by atoms with van der Waals surface area (Å²) >= 11 is 0. The minimum Gasteiger partial charge on any atom is -0.478 e. The van der Waals surface area contributed by atoms with Gasteiger partial charge in [-0.1, -0.05) is 6.08 Å². The van der Waals surface area contributed by atoms with Crippen LogP contribution in [0.4, 0.5) is 13.2 Å². The molecule has 74 valence electrons. The van der Waals surface area contributed by atoms with Crippen molar-refractivity contribution in [1.82, 2.24) is 0 Å². The number of alkyl halides is 3. The Kier molecular flexibility index (Phi) is 2.34. The summed E-state index contributed by atoms with van der Waals surface area (Å²) in [7, 11) is 0. The van der Waals surface area contributed by atoms with Crippen LogP contribution in [0.1, 0.15) is 6.42 Å². The van der Waals surface area contributed by atoms with E-state index in [1.807, 2.05) is 0 Å². The molecule has 0 aromatic carbocycles. The van der Waals surface area contributed by atoms with Crippen molar-refractivity contribution in [1.29, 1.82) is 0 Å². The van der Waals surface area contributed by atoms with E-state index in [1.165, 1.54) is 0 Å². The van der Waals surface area contributed by atoms with Gasteiger partial charge in [0.25, 0.3) is 0 Å². The number of halogens is 3. The van der Waals surface area contributed by atoms with Crippen molar-refractivity contribution >= 4 is 5.97 Å². The minimum absolute atomic E-state index is 0.255. The molecule has 0 heterocycles. The minimum atomic E-state index is -4.42. The van der Waals surface area contributed by atoms with Crippen LogP contribution in [-0.4, -0.2) is 23.3 Å². The first kappa shape index (κ1) is 10.0. The Morgan fingerprint density at radius 2 is 2.15 bits per heavy atom. The highest BCUT2D eigenvalue weighted by Crippen LogP contribution is 2.37. The molecule has 6 heteroatoms. The van der Waals surface area contributed by atoms with Crippen LogP contribution >= 0.6 is 0 Å². The molecule has 0 amide bonds. The summed E-state index contributed by atoms with van der Waals surface area (Å²) in [4.78, 5) is 10.3. The second-order valence-electron chi connectivity index (χ2n) is 2.93. The second kappa shape index (κ2) is 3.02. The van der Waals surface area contributed by atoms with E-state index in [0.29, 0.717) is 0 Å². The molecule has 0 aromatic rings. The summed E-state index contributed by atoms with van der Waals surface area (Å²) in [5.74, 6) is -3.08. The Morgan fingerprint density at radius 3 is 2.38 bits per heavy atom. The van der Waals surface area contributed by atoms with Crippen LogP contribution in [0.3, 0.4) is 0 Å². The van der Waals surface area contributed by atoms with E-state index in [1.54, 1.807) is 0 Å². The predicted molar refractivity (Wildman–Crippen MR) is 37.9 cm³/mol. The van der Waals surface area contributed by atoms with Crippen LogP contribution in [-0.2, 0) is 4.79 Å². The summed E-state index contributed by atoms with van der Waals surface area (Å²) in [6, 6.07) is -1.23. The van der Waals surface area contributed by atoms with Gasteiger partial charge in [-0.25, -0.2) is 4.79 Å². The summed E-state index contributed by atoms with van der Waals surface area (Å²) in [5.41, 5.74) is 4.88. The molecule has 2 atom stereocenters. The fourth-order valence-electron chi connectivity index (χ4n) is 1.28. The lowest BCUT2D eigenvalue weighted by Crippen LogP contribution is -2.35. The third-order valence-corrected chi connectivity index (χ3v) is 1.99. The first-order valence-corrected chi connectivity index (χ1v) is 3.58. The van der Waals surface area contributed by atoms with E-state index in [9.17, 15) is 18.0 Å². The summed E-state index contributed by atoms with van der Waals surface area (Å²) in [6.45, 7) is 0. The Hall–Kier alpha value is -1.04. The molecule has 0 fully saturated rings. The molecule has 0 spiro atoms. The SMILES string of the molecule is N[C@H]1C=C(C(=O)O)C[C@H]1C(F)(F)F. The highest BCUT2D eigenvalue weighted by molar-refractivity contribution is 5.87. The van der Waals surface area contributed by atoms with E-state index < -0.39 is 30.5 Å². The molecule has 0 unspecified atom stereocenters. The number of carbonyl (C=O) groups is 1. The first-order valence-electron chi connectivity index (χ1n) is 3.58. The lowest BCUT2D eigenvalue weighted by atomic mass is 10.0. The molecule has 0 radical (unpaired) electrons. The maximum atomic E-state index is 12.1. The summed E-state index contributed by atoms with van der Waals surface area (Å²) in [6.07, 6.45) is -3.99. The Labute approximate surface area is 72.0 Å². The molecular weight excluding hydrogens is 187 g/mol. The maximum Gasteiger partial charge on any atom is 0.393 e. The third-order valence-electron chi connectivity index (χ3n) is 1.99. The zero-order chi connectivity index (χ0) is 10.2. The van der Waals surface area contributed by atoms with Gasteiger partial charge >= 0.3 is 12.1 Å². The predicted octanol–water partition coefficient (Wildman–Crippen LogP) is 0.907. The van der Waals surface area contributed by atoms with Gasteiger partial charge in [-0.05, 0) is 6.42 Å². The molecule has 1 rings (SSSR count). The molecule has 3 nitrogen and oxygen atoms in total. The van der Waals surface area contributed by atoms with Gasteiger partial charge in [0, 0.05) is 11.6 Å². The van der Waals surface area contributed by atoms with Gasteiger partial charge in [0.1, 0.15) is 0 Å². The van der Waals surface area contributed by atoms with Gasteiger partial charge in [0.2, 0.25) is 0 Å². The highest BCUT2D eigenvalue weighted by atomic mass is 19.4. The molecule has 0 aromatic heterocycles. The second-order valence-corrected chi connectivity index (χ2v) is 2.93. The molecule has 0 saturated heterocycles. The van der Waals surface area contributed by atoms with E-state index in [2.05, 4.69) is 0 Å². The average molecular weight is 195 g/mol. The van der Waals surface area contributed by atoms with Crippen molar-refractivity contribution in [3.8, 4) is 0 Å². The Bertz CT molecular complexity index is 259. The highest BCUT2D eigenvalue weighted by Gasteiger charge is 2.46. The molecule has 13 heavy (non-hydrogen) atoms. The zero-order valence-corrected chi connectivity index (χ0v) is 6.51. The van der Waals surface area contributed by atoms with Crippen molar-refractivity contribution < 1.29 is 23.1 Å². The van der Waals surface area contributed by atoms with Crippen LogP contribution in [0, 0.1) is 5.92 Å². The van der Waals surface area contributed by atoms with E-state index in [4.69, 9.17) is 10.8 Å². The standard InChI is InChI=1S/C7H8F3NO2/c8-7(9,10)4-1-3(6(12)13)2-5(4)11/h2,4-5H,1,11H2,(H,12,13)/t4-,5+/m1/s1. The van der Waals surface area contributed by atoms with Crippen LogP contribution < -0.4 is 5.73 Å². The first-order chi connectivity index (χ1) is 5.82. The van der Waals surface area contributed by atoms with Crippen LogP contribution in [0.2, 0.25) is 0 Å². The number of carboxylic acid groups (broad SMARTS) is 1. The molecule has 0 aliphatic heterocycles. The maximum absolute atomic E-state index is 12.1. The van der Waals surface area contributed by atoms with Gasteiger partial charge in [-0.2, -0.15) is 13.2 Å². The van der Waals surface area contributed by atoms with Gasteiger partial charge in [0.15, 0.2) is 0 Å². The fraction of sp³-hybridized carbons (Fsp3) is 0.571.